The average Bonchev–Trinajstić information content (AvgIpc) is 2.48. The number of nitrogens with zero attached hydrogens (tertiary/aromatic N) is 2. The van der Waals surface area contributed by atoms with Crippen molar-refractivity contribution >= 4 is 0 Å². The number of likely N-dealkylation sites (tertiary alicyclic amines) is 1. The predicted octanol–water partition coefficient (Wildman–Crippen LogP) is 0.278. The number of pyridine rings is 1. The molecule has 0 aliphatic carbocycles. The van der Waals surface area contributed by atoms with Crippen LogP contribution in [0.1, 0.15) is 18.0 Å². The van der Waals surface area contributed by atoms with Gasteiger partial charge in [0.15, 0.2) is 0 Å². The number of hydrogen-bond donors (Lipinski definition) is 1. The number of aromatic nitrogens is 1. The van der Waals surface area contributed by atoms with Gasteiger partial charge < -0.3 is 14.4 Å². The summed E-state index contributed by atoms with van der Waals surface area (Å²) in [5, 5.41) is 10.0. The normalized spacial score (nSPS) is 25.3. The fraction of sp³-hybridized carbons (Fsp3) is 0.588. The summed E-state index contributed by atoms with van der Waals surface area (Å²) in [4.78, 5) is 14.3. The molecule has 0 amide bonds. The molecule has 1 N–H and O–H groups in total. The van der Waals surface area contributed by atoms with E-state index in [-0.39, 0.29) is 18.8 Å². The van der Waals surface area contributed by atoms with E-state index >= 15 is 0 Å². The lowest BCUT2D eigenvalue weighted by molar-refractivity contribution is 0.0112. The zero-order chi connectivity index (χ0) is 15.5. The van der Waals surface area contributed by atoms with Gasteiger partial charge in [-0.1, -0.05) is 12.0 Å². The molecule has 0 spiro atoms. The van der Waals surface area contributed by atoms with Crippen molar-refractivity contribution in [2.45, 2.75) is 25.0 Å². The lowest BCUT2D eigenvalue weighted by Gasteiger charge is -2.43. The van der Waals surface area contributed by atoms with Crippen LogP contribution in [0.15, 0.2) is 23.0 Å². The van der Waals surface area contributed by atoms with Crippen molar-refractivity contribution in [2.24, 2.45) is 5.92 Å². The summed E-state index contributed by atoms with van der Waals surface area (Å²) >= 11 is 0. The maximum absolute atomic E-state index is 12.0. The topological polar surface area (TPSA) is 54.7 Å². The first-order chi connectivity index (χ1) is 10.7. The quantitative estimate of drug-likeness (QED) is 0.627. The molecule has 1 aromatic rings. The largest absolute Gasteiger partial charge is 0.389 e. The van der Waals surface area contributed by atoms with E-state index < -0.39 is 6.10 Å². The highest BCUT2D eigenvalue weighted by Gasteiger charge is 2.34. The molecule has 0 aromatic carbocycles. The summed E-state index contributed by atoms with van der Waals surface area (Å²) in [5.74, 6) is 3.25. The molecule has 1 fully saturated rings. The molecule has 2 bridgehead atoms. The predicted molar refractivity (Wildman–Crippen MR) is 83.6 cm³/mol. The molecule has 5 nitrogen and oxygen atoms in total. The Labute approximate surface area is 130 Å². The number of rotatable bonds is 5. The lowest BCUT2D eigenvalue weighted by Crippen LogP contribution is -2.49. The van der Waals surface area contributed by atoms with Crippen molar-refractivity contribution in [1.82, 2.24) is 9.47 Å². The highest BCUT2D eigenvalue weighted by atomic mass is 16.5. The number of terminal acetylenes is 1. The van der Waals surface area contributed by atoms with Gasteiger partial charge in [-0.3, -0.25) is 9.69 Å². The summed E-state index contributed by atoms with van der Waals surface area (Å²) < 4.78 is 7.11. The number of aliphatic hydroxyl groups is 1. The maximum Gasteiger partial charge on any atom is 0.250 e. The second-order valence-electron chi connectivity index (χ2n) is 6.29. The molecule has 3 heterocycles. The van der Waals surface area contributed by atoms with Gasteiger partial charge >= 0.3 is 0 Å². The van der Waals surface area contributed by atoms with Gasteiger partial charge in [0, 0.05) is 43.9 Å². The van der Waals surface area contributed by atoms with Crippen LogP contribution in [0.3, 0.4) is 0 Å². The van der Waals surface area contributed by atoms with Crippen LogP contribution in [0, 0.1) is 18.3 Å². The van der Waals surface area contributed by atoms with Gasteiger partial charge in [0.2, 0.25) is 0 Å². The molecular weight excluding hydrogens is 280 g/mol. The van der Waals surface area contributed by atoms with E-state index in [2.05, 4.69) is 16.9 Å². The fourth-order valence-corrected chi connectivity index (χ4v) is 3.75. The number of aliphatic hydroxyl groups excluding tert-OH is 1. The number of fused-ring (bicyclic) bond motifs is 4. The van der Waals surface area contributed by atoms with E-state index in [0.717, 1.165) is 31.7 Å². The van der Waals surface area contributed by atoms with Crippen molar-refractivity contribution in [3.05, 3.63) is 34.2 Å². The van der Waals surface area contributed by atoms with E-state index in [1.807, 2.05) is 10.6 Å². The molecule has 3 rings (SSSR count). The molecule has 22 heavy (non-hydrogen) atoms. The Bertz CT molecular complexity index is 619. The fourth-order valence-electron chi connectivity index (χ4n) is 3.75. The second kappa shape index (κ2) is 6.66. The van der Waals surface area contributed by atoms with Gasteiger partial charge in [-0.2, -0.15) is 0 Å². The molecule has 0 saturated carbocycles. The average molecular weight is 302 g/mol. The van der Waals surface area contributed by atoms with Crippen LogP contribution >= 0.6 is 0 Å². The monoisotopic (exact) mass is 302 g/mol. The van der Waals surface area contributed by atoms with Crippen molar-refractivity contribution in [2.75, 3.05) is 32.8 Å². The Kier molecular flexibility index (Phi) is 4.63. The zero-order valence-corrected chi connectivity index (χ0v) is 12.6. The van der Waals surface area contributed by atoms with Crippen LogP contribution < -0.4 is 5.56 Å². The Morgan fingerprint density at radius 1 is 1.41 bits per heavy atom. The van der Waals surface area contributed by atoms with Gasteiger partial charge in [-0.15, -0.1) is 6.42 Å². The minimum Gasteiger partial charge on any atom is -0.389 e. The Morgan fingerprint density at radius 2 is 2.27 bits per heavy atom. The minimum atomic E-state index is -0.523. The van der Waals surface area contributed by atoms with Gasteiger partial charge in [-0.05, 0) is 18.4 Å². The Morgan fingerprint density at radius 3 is 3.09 bits per heavy atom. The molecule has 118 valence electrons. The van der Waals surface area contributed by atoms with Crippen LogP contribution in [-0.4, -0.2) is 53.5 Å². The van der Waals surface area contributed by atoms with E-state index in [4.69, 9.17) is 11.2 Å². The highest BCUT2D eigenvalue weighted by molar-refractivity contribution is 5.16. The highest BCUT2D eigenvalue weighted by Crippen LogP contribution is 2.34. The molecule has 0 radical (unpaired) electrons. The molecule has 2 aliphatic rings. The van der Waals surface area contributed by atoms with Gasteiger partial charge in [0.25, 0.3) is 5.56 Å². The van der Waals surface area contributed by atoms with E-state index in [1.54, 1.807) is 6.07 Å². The van der Waals surface area contributed by atoms with Crippen LogP contribution in [0.5, 0.6) is 0 Å². The van der Waals surface area contributed by atoms with Crippen molar-refractivity contribution in [3.8, 4) is 12.3 Å². The van der Waals surface area contributed by atoms with Crippen molar-refractivity contribution < 1.29 is 9.84 Å². The first-order valence-corrected chi connectivity index (χ1v) is 7.78. The SMILES string of the molecule is C#CCOC[C@@H](O)CN1C[C@@H]2C[C@H](C1)c1cccc(=O)n1C2. The smallest absolute Gasteiger partial charge is 0.250 e. The number of piperidine rings is 1. The van der Waals surface area contributed by atoms with Gasteiger partial charge in [-0.25, -0.2) is 0 Å². The Hall–Kier alpha value is -1.61. The van der Waals surface area contributed by atoms with Gasteiger partial charge in [0.1, 0.15) is 6.61 Å². The zero-order valence-electron chi connectivity index (χ0n) is 12.6. The maximum atomic E-state index is 12.0. The summed E-state index contributed by atoms with van der Waals surface area (Å²) in [6, 6.07) is 5.53. The van der Waals surface area contributed by atoms with E-state index in [1.165, 1.54) is 0 Å². The molecule has 2 aliphatic heterocycles. The molecule has 1 saturated heterocycles. The lowest BCUT2D eigenvalue weighted by atomic mass is 9.83. The van der Waals surface area contributed by atoms with Crippen LogP contribution in [0.25, 0.3) is 0 Å². The molecular formula is C17H22N2O3. The molecule has 3 atom stereocenters. The molecule has 5 heteroatoms. The van der Waals surface area contributed by atoms with Crippen LogP contribution in [0.2, 0.25) is 0 Å². The summed E-state index contributed by atoms with van der Waals surface area (Å²) in [6.07, 6.45) is 5.73. The number of ether oxygens (including phenoxy) is 1. The van der Waals surface area contributed by atoms with Crippen LogP contribution in [0.4, 0.5) is 0 Å². The van der Waals surface area contributed by atoms with Crippen molar-refractivity contribution in [1.29, 1.82) is 0 Å². The number of β-amino-alcohol motifs (C(OH)–C–C–N with tert-alkyl or cyclic N) is 1. The van der Waals surface area contributed by atoms with Crippen molar-refractivity contribution in [3.63, 3.8) is 0 Å². The number of hydrogen-bond acceptors (Lipinski definition) is 4. The van der Waals surface area contributed by atoms with Gasteiger partial charge in [0.05, 0.1) is 12.7 Å². The third kappa shape index (κ3) is 3.25. The second-order valence-corrected chi connectivity index (χ2v) is 6.29. The molecule has 0 unspecified atom stereocenters. The summed E-state index contributed by atoms with van der Waals surface area (Å²) in [5.41, 5.74) is 1.23. The Balaban J connectivity index is 1.64. The van der Waals surface area contributed by atoms with Crippen LogP contribution in [-0.2, 0) is 11.3 Å². The van der Waals surface area contributed by atoms with E-state index in [0.29, 0.717) is 18.4 Å². The molecule has 1 aromatic heterocycles. The summed E-state index contributed by atoms with van der Waals surface area (Å²) in [7, 11) is 0. The third-order valence-corrected chi connectivity index (χ3v) is 4.52. The first kappa shape index (κ1) is 15.3. The first-order valence-electron chi connectivity index (χ1n) is 7.78. The standard InChI is InChI=1S/C17H22N2O3/c1-2-6-22-12-15(20)11-18-8-13-7-14(10-18)16-4-3-5-17(21)19(16)9-13/h1,3-5,13-15,20H,6-12H2/t13-,14+,15-/m0/s1. The minimum absolute atomic E-state index is 0.100. The third-order valence-electron chi connectivity index (χ3n) is 4.52. The van der Waals surface area contributed by atoms with E-state index in [9.17, 15) is 9.90 Å². The summed E-state index contributed by atoms with van der Waals surface area (Å²) in [6.45, 7) is 3.68.